The number of aromatic nitrogens is 4. The maximum Gasteiger partial charge on any atom is 0.130 e. The van der Waals surface area contributed by atoms with Crippen LogP contribution in [0.1, 0.15) is 25.6 Å². The first kappa shape index (κ1) is 10.7. The van der Waals surface area contributed by atoms with Crippen molar-refractivity contribution in [2.45, 2.75) is 25.2 Å². The quantitative estimate of drug-likeness (QED) is 0.828. The Hall–Kier alpha value is -1.49. The molecule has 0 aliphatic heterocycles. The zero-order valence-electron chi connectivity index (χ0n) is 9.90. The number of aryl methyl sites for hydroxylation is 1. The van der Waals surface area contributed by atoms with Crippen molar-refractivity contribution in [2.24, 2.45) is 7.05 Å². The Balaban J connectivity index is 2.11. The normalized spacial score (nSPS) is 17.1. The molecule has 0 bridgehead atoms. The van der Waals surface area contributed by atoms with E-state index in [-0.39, 0.29) is 5.41 Å². The highest BCUT2D eigenvalue weighted by atomic mass is 32.1. The maximum absolute atomic E-state index is 5.23. The molecule has 1 aliphatic rings. The van der Waals surface area contributed by atoms with Crippen molar-refractivity contribution in [3.8, 4) is 11.3 Å². The summed E-state index contributed by atoms with van der Waals surface area (Å²) in [6, 6.07) is 1.89. The summed E-state index contributed by atoms with van der Waals surface area (Å²) in [4.78, 5) is 7.82. The molecule has 5 heteroatoms. The number of nitrogens with zero attached hydrogens (tertiary/aromatic N) is 3. The van der Waals surface area contributed by atoms with Gasteiger partial charge in [0.15, 0.2) is 0 Å². The van der Waals surface area contributed by atoms with Crippen LogP contribution in [0.4, 0.5) is 0 Å². The van der Waals surface area contributed by atoms with Gasteiger partial charge < -0.3 is 4.98 Å². The first-order chi connectivity index (χ1) is 8.07. The highest BCUT2D eigenvalue weighted by Gasteiger charge is 2.41. The van der Waals surface area contributed by atoms with Gasteiger partial charge in [-0.15, -0.1) is 0 Å². The molecule has 2 aromatic rings. The standard InChI is InChI=1S/C12H14N4S/c1-12(3-4-12)11-14-9(5-10(17)15-11)8-6-13-16(2)7-8/h5-7H,3-4H2,1-2H3,(H,14,15,17). The SMILES string of the molecule is Cn1cc(-c2cc(=S)nc(C3(C)CC3)[nH]2)cn1. The van der Waals surface area contributed by atoms with Crippen LogP contribution < -0.4 is 0 Å². The average molecular weight is 246 g/mol. The van der Waals surface area contributed by atoms with Gasteiger partial charge in [0.2, 0.25) is 0 Å². The Bertz CT molecular complexity index is 621. The van der Waals surface area contributed by atoms with Crippen LogP contribution in [0.15, 0.2) is 18.5 Å². The van der Waals surface area contributed by atoms with E-state index in [0.717, 1.165) is 17.1 Å². The summed E-state index contributed by atoms with van der Waals surface area (Å²) in [5.41, 5.74) is 2.25. The molecule has 0 amide bonds. The third kappa shape index (κ3) is 1.91. The summed E-state index contributed by atoms with van der Waals surface area (Å²) in [5.74, 6) is 1.00. The first-order valence-corrected chi connectivity index (χ1v) is 6.09. The molecule has 0 spiro atoms. The van der Waals surface area contributed by atoms with Gasteiger partial charge in [-0.25, -0.2) is 4.98 Å². The smallest absolute Gasteiger partial charge is 0.130 e. The van der Waals surface area contributed by atoms with Gasteiger partial charge in [0.25, 0.3) is 0 Å². The van der Waals surface area contributed by atoms with Gasteiger partial charge in [-0.1, -0.05) is 19.1 Å². The fourth-order valence-electron chi connectivity index (χ4n) is 1.88. The van der Waals surface area contributed by atoms with Gasteiger partial charge in [0.1, 0.15) is 10.5 Å². The predicted octanol–water partition coefficient (Wildman–Crippen LogP) is 2.59. The minimum absolute atomic E-state index is 0.200. The van der Waals surface area contributed by atoms with Gasteiger partial charge >= 0.3 is 0 Å². The molecule has 88 valence electrons. The Labute approximate surface area is 105 Å². The molecule has 1 aliphatic carbocycles. The van der Waals surface area contributed by atoms with E-state index in [9.17, 15) is 0 Å². The van der Waals surface area contributed by atoms with Gasteiger partial charge in [0, 0.05) is 24.2 Å². The second-order valence-corrected chi connectivity index (χ2v) is 5.36. The lowest BCUT2D eigenvalue weighted by atomic mass is 10.1. The minimum Gasteiger partial charge on any atom is -0.343 e. The van der Waals surface area contributed by atoms with Crippen LogP contribution in [0.5, 0.6) is 0 Å². The predicted molar refractivity (Wildman–Crippen MR) is 68.2 cm³/mol. The first-order valence-electron chi connectivity index (χ1n) is 5.68. The second-order valence-electron chi connectivity index (χ2n) is 4.95. The zero-order chi connectivity index (χ0) is 12.0. The third-order valence-corrected chi connectivity index (χ3v) is 3.54. The summed E-state index contributed by atoms with van der Waals surface area (Å²) >= 11 is 5.23. The lowest BCUT2D eigenvalue weighted by Gasteiger charge is -2.09. The van der Waals surface area contributed by atoms with Crippen molar-refractivity contribution in [3.05, 3.63) is 28.9 Å². The lowest BCUT2D eigenvalue weighted by Crippen LogP contribution is -2.07. The van der Waals surface area contributed by atoms with Gasteiger partial charge in [-0.2, -0.15) is 5.10 Å². The monoisotopic (exact) mass is 246 g/mol. The summed E-state index contributed by atoms with van der Waals surface area (Å²) in [6.07, 6.45) is 6.17. The van der Waals surface area contributed by atoms with Crippen molar-refractivity contribution < 1.29 is 0 Å². The molecule has 1 saturated carbocycles. The molecule has 0 aromatic carbocycles. The lowest BCUT2D eigenvalue weighted by molar-refractivity contribution is 0.708. The van der Waals surface area contributed by atoms with Crippen molar-refractivity contribution in [1.82, 2.24) is 19.7 Å². The Morgan fingerprint density at radius 1 is 1.47 bits per heavy atom. The van der Waals surface area contributed by atoms with Crippen LogP contribution in [0.3, 0.4) is 0 Å². The summed E-state index contributed by atoms with van der Waals surface area (Å²) in [6.45, 7) is 2.22. The van der Waals surface area contributed by atoms with E-state index >= 15 is 0 Å². The van der Waals surface area contributed by atoms with E-state index in [0.29, 0.717) is 4.64 Å². The molecule has 2 aromatic heterocycles. The fourth-order valence-corrected chi connectivity index (χ4v) is 2.09. The number of hydrogen-bond acceptors (Lipinski definition) is 3. The van der Waals surface area contributed by atoms with E-state index < -0.39 is 0 Å². The molecule has 0 unspecified atom stereocenters. The number of rotatable bonds is 2. The van der Waals surface area contributed by atoms with E-state index in [4.69, 9.17) is 12.2 Å². The molecular formula is C12H14N4S. The van der Waals surface area contributed by atoms with Crippen LogP contribution in [0, 0.1) is 4.64 Å². The topological polar surface area (TPSA) is 46.5 Å². The molecular weight excluding hydrogens is 232 g/mol. The molecule has 2 heterocycles. The summed E-state index contributed by atoms with van der Waals surface area (Å²) < 4.78 is 2.43. The molecule has 17 heavy (non-hydrogen) atoms. The van der Waals surface area contributed by atoms with E-state index in [1.807, 2.05) is 25.5 Å². The summed E-state index contributed by atoms with van der Waals surface area (Å²) in [7, 11) is 1.91. The summed E-state index contributed by atoms with van der Waals surface area (Å²) in [5, 5.41) is 4.17. The minimum atomic E-state index is 0.200. The zero-order valence-corrected chi connectivity index (χ0v) is 10.7. The molecule has 0 radical (unpaired) electrons. The maximum atomic E-state index is 5.23. The molecule has 0 saturated heterocycles. The van der Waals surface area contributed by atoms with Crippen LogP contribution in [0.25, 0.3) is 11.3 Å². The van der Waals surface area contributed by atoms with E-state index in [1.54, 1.807) is 4.68 Å². The Morgan fingerprint density at radius 3 is 2.82 bits per heavy atom. The second kappa shape index (κ2) is 3.50. The van der Waals surface area contributed by atoms with Crippen LogP contribution >= 0.6 is 12.2 Å². The largest absolute Gasteiger partial charge is 0.343 e. The highest BCUT2D eigenvalue weighted by molar-refractivity contribution is 7.71. The van der Waals surface area contributed by atoms with Gasteiger partial charge in [-0.05, 0) is 18.9 Å². The van der Waals surface area contributed by atoms with E-state index in [2.05, 4.69) is 22.0 Å². The van der Waals surface area contributed by atoms with Gasteiger partial charge in [-0.3, -0.25) is 4.68 Å². The molecule has 1 fully saturated rings. The Kier molecular flexibility index (Phi) is 2.19. The highest BCUT2D eigenvalue weighted by Crippen LogP contribution is 2.46. The number of H-pyrrole nitrogens is 1. The van der Waals surface area contributed by atoms with Crippen LogP contribution in [0.2, 0.25) is 0 Å². The number of nitrogens with one attached hydrogen (secondary N) is 1. The van der Waals surface area contributed by atoms with Crippen molar-refractivity contribution in [2.75, 3.05) is 0 Å². The average Bonchev–Trinajstić information content (AvgIpc) is 2.88. The third-order valence-electron chi connectivity index (χ3n) is 3.33. The number of hydrogen-bond donors (Lipinski definition) is 1. The van der Waals surface area contributed by atoms with Crippen molar-refractivity contribution in [3.63, 3.8) is 0 Å². The van der Waals surface area contributed by atoms with Crippen LogP contribution in [-0.4, -0.2) is 19.7 Å². The molecule has 1 N–H and O–H groups in total. The van der Waals surface area contributed by atoms with Crippen LogP contribution in [-0.2, 0) is 12.5 Å². The molecule has 0 atom stereocenters. The van der Waals surface area contributed by atoms with E-state index in [1.165, 1.54) is 12.8 Å². The Morgan fingerprint density at radius 2 is 2.24 bits per heavy atom. The number of aromatic amines is 1. The molecule has 4 nitrogen and oxygen atoms in total. The molecule has 3 rings (SSSR count). The van der Waals surface area contributed by atoms with Gasteiger partial charge in [0.05, 0.1) is 11.9 Å². The van der Waals surface area contributed by atoms with Crippen molar-refractivity contribution in [1.29, 1.82) is 0 Å². The fraction of sp³-hybridized carbons (Fsp3) is 0.417. The van der Waals surface area contributed by atoms with Crippen molar-refractivity contribution >= 4 is 12.2 Å².